The van der Waals surface area contributed by atoms with Crippen LogP contribution in [0.1, 0.15) is 5.56 Å². The molecule has 152 valence electrons. The van der Waals surface area contributed by atoms with Gasteiger partial charge < -0.3 is 14.4 Å². The molecule has 2 aromatic rings. The molecule has 1 aliphatic rings. The summed E-state index contributed by atoms with van der Waals surface area (Å²) in [6.45, 7) is -0.102. The Morgan fingerprint density at radius 2 is 1.75 bits per heavy atom. The van der Waals surface area contributed by atoms with Crippen LogP contribution in [-0.2, 0) is 16.6 Å². The third-order valence-electron chi connectivity index (χ3n) is 4.71. The lowest BCUT2D eigenvalue weighted by Crippen LogP contribution is -3.13. The van der Waals surface area contributed by atoms with E-state index in [1.807, 2.05) is 0 Å². The largest absolute Gasteiger partial charge is 0.493 e. The van der Waals surface area contributed by atoms with Crippen molar-refractivity contribution in [3.05, 3.63) is 54.1 Å². The summed E-state index contributed by atoms with van der Waals surface area (Å²) in [7, 11) is -2.07. The van der Waals surface area contributed by atoms with Crippen LogP contribution in [0.4, 0.5) is 8.78 Å². The molecule has 1 saturated heterocycles. The fraction of sp³-hybridized carbons (Fsp3) is 0.368. The lowest BCUT2D eigenvalue weighted by atomic mass is 10.1. The van der Waals surface area contributed by atoms with Gasteiger partial charge in [-0.3, -0.25) is 0 Å². The van der Waals surface area contributed by atoms with Crippen molar-refractivity contribution in [3.8, 4) is 11.5 Å². The molecule has 0 aromatic heterocycles. The Morgan fingerprint density at radius 3 is 2.36 bits per heavy atom. The van der Waals surface area contributed by atoms with Gasteiger partial charge in [0.25, 0.3) is 0 Å². The molecule has 0 saturated carbocycles. The number of sulfonamides is 1. The van der Waals surface area contributed by atoms with Gasteiger partial charge in [0.15, 0.2) is 11.5 Å². The molecular formula is C19H23F2N2O4S+. The summed E-state index contributed by atoms with van der Waals surface area (Å²) in [5, 5.41) is 0. The maximum absolute atomic E-state index is 12.7. The van der Waals surface area contributed by atoms with Crippen molar-refractivity contribution >= 4 is 10.0 Å². The number of ether oxygens (including phenoxy) is 2. The molecule has 1 aliphatic heterocycles. The monoisotopic (exact) mass is 413 g/mol. The molecule has 2 aromatic carbocycles. The number of methoxy groups -OCH3 is 1. The van der Waals surface area contributed by atoms with Crippen molar-refractivity contribution in [1.29, 1.82) is 0 Å². The van der Waals surface area contributed by atoms with Crippen LogP contribution in [0.15, 0.2) is 53.4 Å². The molecule has 0 bridgehead atoms. The van der Waals surface area contributed by atoms with Gasteiger partial charge in [0, 0.05) is 5.56 Å². The van der Waals surface area contributed by atoms with Gasteiger partial charge in [-0.1, -0.05) is 18.2 Å². The second-order valence-corrected chi connectivity index (χ2v) is 8.45. The van der Waals surface area contributed by atoms with E-state index in [4.69, 9.17) is 4.74 Å². The van der Waals surface area contributed by atoms with Crippen molar-refractivity contribution in [2.24, 2.45) is 0 Å². The van der Waals surface area contributed by atoms with Gasteiger partial charge in [0.2, 0.25) is 10.0 Å². The van der Waals surface area contributed by atoms with Crippen molar-refractivity contribution < 1.29 is 31.6 Å². The Bertz CT molecular complexity index is 886. The van der Waals surface area contributed by atoms with Crippen LogP contribution in [-0.4, -0.2) is 52.6 Å². The summed E-state index contributed by atoms with van der Waals surface area (Å²) in [4.78, 5) is 1.52. The van der Waals surface area contributed by atoms with Gasteiger partial charge in [-0.15, -0.1) is 0 Å². The zero-order valence-corrected chi connectivity index (χ0v) is 16.3. The minimum absolute atomic E-state index is 0.00461. The normalized spacial score (nSPS) is 16.3. The summed E-state index contributed by atoms with van der Waals surface area (Å²) >= 11 is 0. The number of rotatable bonds is 7. The van der Waals surface area contributed by atoms with Gasteiger partial charge in [-0.2, -0.15) is 13.1 Å². The highest BCUT2D eigenvalue weighted by atomic mass is 32.2. The Morgan fingerprint density at radius 1 is 1.07 bits per heavy atom. The van der Waals surface area contributed by atoms with E-state index in [1.165, 1.54) is 22.4 Å². The summed E-state index contributed by atoms with van der Waals surface area (Å²) < 4.78 is 61.3. The van der Waals surface area contributed by atoms with E-state index in [9.17, 15) is 17.2 Å². The first kappa shape index (κ1) is 20.5. The number of halogens is 2. The molecule has 1 N–H and O–H groups in total. The predicted molar refractivity (Wildman–Crippen MR) is 99.2 cm³/mol. The fourth-order valence-corrected chi connectivity index (χ4v) is 4.73. The van der Waals surface area contributed by atoms with Crippen LogP contribution >= 0.6 is 0 Å². The van der Waals surface area contributed by atoms with Crippen LogP contribution < -0.4 is 14.4 Å². The molecule has 0 radical (unpaired) electrons. The van der Waals surface area contributed by atoms with E-state index in [-0.39, 0.29) is 11.5 Å². The topological polar surface area (TPSA) is 60.3 Å². The van der Waals surface area contributed by atoms with Gasteiger partial charge in [-0.05, 0) is 30.3 Å². The fourth-order valence-electron chi connectivity index (χ4n) is 3.27. The average molecular weight is 413 g/mol. The first-order valence-corrected chi connectivity index (χ1v) is 10.3. The van der Waals surface area contributed by atoms with Crippen molar-refractivity contribution in [1.82, 2.24) is 4.31 Å². The minimum atomic E-state index is -3.47. The molecule has 1 heterocycles. The number of hydrogen-bond acceptors (Lipinski definition) is 4. The Balaban J connectivity index is 1.61. The highest BCUT2D eigenvalue weighted by Gasteiger charge is 2.30. The standard InChI is InChI=1S/C19H22F2N2O4S/c1-26-18-13-15(7-8-17(18)27-19(20)21)14-22-9-11-23(12-10-22)28(24,25)16-5-3-2-4-6-16/h2-8,13,19H,9-12,14H2,1H3/p+1. The summed E-state index contributed by atoms with van der Waals surface area (Å²) in [6.07, 6.45) is 0. The van der Waals surface area contributed by atoms with Crippen LogP contribution in [0.25, 0.3) is 0 Å². The van der Waals surface area contributed by atoms with E-state index in [0.717, 1.165) is 5.56 Å². The highest BCUT2D eigenvalue weighted by Crippen LogP contribution is 2.29. The molecular weight excluding hydrogens is 390 g/mol. The molecule has 9 heteroatoms. The number of quaternary nitrogens is 1. The molecule has 0 unspecified atom stereocenters. The number of hydrogen-bond donors (Lipinski definition) is 1. The molecule has 3 rings (SSSR count). The van der Waals surface area contributed by atoms with E-state index >= 15 is 0 Å². The summed E-state index contributed by atoms with van der Waals surface area (Å²) in [5.41, 5.74) is 0.910. The molecule has 6 nitrogen and oxygen atoms in total. The van der Waals surface area contributed by atoms with Crippen molar-refractivity contribution in [3.63, 3.8) is 0 Å². The van der Waals surface area contributed by atoms with E-state index < -0.39 is 16.6 Å². The zero-order chi connectivity index (χ0) is 20.1. The van der Waals surface area contributed by atoms with E-state index in [1.54, 1.807) is 42.5 Å². The van der Waals surface area contributed by atoms with E-state index in [0.29, 0.717) is 37.6 Å². The first-order valence-electron chi connectivity index (χ1n) is 8.90. The Labute approximate surface area is 163 Å². The maximum Gasteiger partial charge on any atom is 0.387 e. The molecule has 1 fully saturated rings. The van der Waals surface area contributed by atoms with Crippen LogP contribution in [0.2, 0.25) is 0 Å². The smallest absolute Gasteiger partial charge is 0.387 e. The zero-order valence-electron chi connectivity index (χ0n) is 15.5. The quantitative estimate of drug-likeness (QED) is 0.745. The maximum atomic E-state index is 12.7. The predicted octanol–water partition coefficient (Wildman–Crippen LogP) is 1.39. The van der Waals surface area contributed by atoms with Gasteiger partial charge in [-0.25, -0.2) is 8.42 Å². The number of nitrogens with one attached hydrogen (secondary N) is 1. The van der Waals surface area contributed by atoms with Crippen molar-refractivity contribution in [2.45, 2.75) is 18.1 Å². The number of benzene rings is 2. The van der Waals surface area contributed by atoms with Crippen molar-refractivity contribution in [2.75, 3.05) is 33.3 Å². The highest BCUT2D eigenvalue weighted by molar-refractivity contribution is 7.89. The lowest BCUT2D eigenvalue weighted by molar-refractivity contribution is -0.917. The van der Waals surface area contributed by atoms with Gasteiger partial charge in [0.1, 0.15) is 6.54 Å². The first-order chi connectivity index (χ1) is 13.4. The summed E-state index contributed by atoms with van der Waals surface area (Å²) in [5.74, 6) is 0.248. The van der Waals surface area contributed by atoms with Crippen LogP contribution in [0.5, 0.6) is 11.5 Å². The number of piperazine rings is 1. The number of alkyl halides is 2. The van der Waals surface area contributed by atoms with Crippen LogP contribution in [0, 0.1) is 0 Å². The number of nitrogens with zero attached hydrogens (tertiary/aromatic N) is 1. The molecule has 0 aliphatic carbocycles. The van der Waals surface area contributed by atoms with Gasteiger partial charge >= 0.3 is 6.61 Å². The Kier molecular flexibility index (Phi) is 6.48. The molecule has 0 amide bonds. The van der Waals surface area contributed by atoms with Gasteiger partial charge in [0.05, 0.1) is 38.2 Å². The SMILES string of the molecule is COc1cc(C[NH+]2CCN(S(=O)(=O)c3ccccc3)CC2)ccc1OC(F)F. The second kappa shape index (κ2) is 8.85. The third-order valence-corrected chi connectivity index (χ3v) is 6.62. The average Bonchev–Trinajstić information content (AvgIpc) is 2.70. The molecule has 0 spiro atoms. The second-order valence-electron chi connectivity index (χ2n) is 6.51. The Hall–Kier alpha value is -2.23. The minimum Gasteiger partial charge on any atom is -0.493 e. The third kappa shape index (κ3) is 4.78. The van der Waals surface area contributed by atoms with Crippen LogP contribution in [0.3, 0.4) is 0 Å². The molecule has 0 atom stereocenters. The molecule has 28 heavy (non-hydrogen) atoms. The van der Waals surface area contributed by atoms with E-state index in [2.05, 4.69) is 4.74 Å². The lowest BCUT2D eigenvalue weighted by Gasteiger charge is -2.31. The summed E-state index contributed by atoms with van der Waals surface area (Å²) in [6, 6.07) is 13.3.